The average Bonchev–Trinajstić information content (AvgIpc) is 3.13. The lowest BCUT2D eigenvalue weighted by Crippen LogP contribution is -2.19. The van der Waals surface area contributed by atoms with Gasteiger partial charge in [0.05, 0.1) is 15.2 Å². The Morgan fingerprint density at radius 3 is 2.95 bits per heavy atom. The van der Waals surface area contributed by atoms with Crippen molar-refractivity contribution in [2.24, 2.45) is 0 Å². The summed E-state index contributed by atoms with van der Waals surface area (Å²) in [5.74, 6) is 0.566. The maximum Gasteiger partial charge on any atom is 0.0982 e. The van der Waals surface area contributed by atoms with E-state index in [1.54, 1.807) is 0 Å². The van der Waals surface area contributed by atoms with Crippen molar-refractivity contribution < 1.29 is 0 Å². The molecule has 2 nitrogen and oxygen atoms in total. The SMILES string of the molecule is Clc1cccc(CN2CC[C@H](c3nc4ccccc4s3)C2)c1. The smallest absolute Gasteiger partial charge is 0.0982 e. The maximum absolute atomic E-state index is 6.07. The van der Waals surface area contributed by atoms with Gasteiger partial charge in [0.1, 0.15) is 0 Å². The number of para-hydroxylation sites is 1. The van der Waals surface area contributed by atoms with E-state index in [1.165, 1.54) is 21.7 Å². The van der Waals surface area contributed by atoms with Gasteiger partial charge in [-0.1, -0.05) is 35.9 Å². The van der Waals surface area contributed by atoms with Crippen LogP contribution in [0.2, 0.25) is 5.02 Å². The Morgan fingerprint density at radius 1 is 1.18 bits per heavy atom. The van der Waals surface area contributed by atoms with Crippen LogP contribution in [0.1, 0.15) is 22.9 Å². The fourth-order valence-corrected chi connectivity index (χ4v) is 4.44. The number of halogens is 1. The highest BCUT2D eigenvalue weighted by atomic mass is 35.5. The van der Waals surface area contributed by atoms with E-state index < -0.39 is 0 Å². The van der Waals surface area contributed by atoms with Gasteiger partial charge in [0.2, 0.25) is 0 Å². The minimum atomic E-state index is 0.566. The van der Waals surface area contributed by atoms with Crippen molar-refractivity contribution in [3.8, 4) is 0 Å². The van der Waals surface area contributed by atoms with Gasteiger partial charge in [0.15, 0.2) is 0 Å². The summed E-state index contributed by atoms with van der Waals surface area (Å²) < 4.78 is 1.30. The Hall–Kier alpha value is -1.42. The zero-order valence-electron chi connectivity index (χ0n) is 12.2. The number of hydrogen-bond acceptors (Lipinski definition) is 3. The summed E-state index contributed by atoms with van der Waals surface area (Å²) in [7, 11) is 0. The third-order valence-corrected chi connectivity index (χ3v) is 5.66. The van der Waals surface area contributed by atoms with Crippen molar-refractivity contribution in [3.05, 3.63) is 64.1 Å². The molecule has 0 spiro atoms. The lowest BCUT2D eigenvalue weighted by atomic mass is 10.1. The summed E-state index contributed by atoms with van der Waals surface area (Å²) in [5, 5.41) is 2.11. The predicted octanol–water partition coefficient (Wildman–Crippen LogP) is 4.94. The molecule has 0 aliphatic carbocycles. The van der Waals surface area contributed by atoms with E-state index in [0.29, 0.717) is 5.92 Å². The fourth-order valence-electron chi connectivity index (χ4n) is 3.14. The van der Waals surface area contributed by atoms with Gasteiger partial charge in [-0.25, -0.2) is 4.98 Å². The summed E-state index contributed by atoms with van der Waals surface area (Å²) in [5.41, 5.74) is 2.42. The molecule has 0 N–H and O–H groups in total. The van der Waals surface area contributed by atoms with Gasteiger partial charge in [-0.15, -0.1) is 11.3 Å². The number of rotatable bonds is 3. The van der Waals surface area contributed by atoms with Crippen molar-refractivity contribution in [3.63, 3.8) is 0 Å². The molecule has 0 radical (unpaired) electrons. The van der Waals surface area contributed by atoms with Gasteiger partial charge in [0, 0.05) is 24.0 Å². The lowest BCUT2D eigenvalue weighted by molar-refractivity contribution is 0.327. The Morgan fingerprint density at radius 2 is 2.09 bits per heavy atom. The summed E-state index contributed by atoms with van der Waals surface area (Å²) in [6.45, 7) is 3.20. The quantitative estimate of drug-likeness (QED) is 0.677. The van der Waals surface area contributed by atoms with Gasteiger partial charge in [-0.3, -0.25) is 4.90 Å². The predicted molar refractivity (Wildman–Crippen MR) is 93.7 cm³/mol. The second kappa shape index (κ2) is 5.99. The Labute approximate surface area is 139 Å². The molecule has 0 saturated carbocycles. The van der Waals surface area contributed by atoms with Crippen LogP contribution in [-0.4, -0.2) is 23.0 Å². The molecule has 1 aromatic heterocycles. The third kappa shape index (κ3) is 2.89. The van der Waals surface area contributed by atoms with Gasteiger partial charge in [0.25, 0.3) is 0 Å². The molecule has 1 aliphatic heterocycles. The van der Waals surface area contributed by atoms with E-state index in [9.17, 15) is 0 Å². The molecule has 1 aliphatic rings. The molecule has 4 heteroatoms. The van der Waals surface area contributed by atoms with Crippen LogP contribution < -0.4 is 0 Å². The summed E-state index contributed by atoms with van der Waals surface area (Å²) in [6.07, 6.45) is 1.19. The molecule has 1 fully saturated rings. The van der Waals surface area contributed by atoms with Crippen LogP contribution in [0.15, 0.2) is 48.5 Å². The molecular formula is C18H17ClN2S. The van der Waals surface area contributed by atoms with Gasteiger partial charge < -0.3 is 0 Å². The molecule has 112 valence electrons. The molecule has 1 atom stereocenters. The van der Waals surface area contributed by atoms with Crippen molar-refractivity contribution in [2.75, 3.05) is 13.1 Å². The topological polar surface area (TPSA) is 16.1 Å². The van der Waals surface area contributed by atoms with Crippen LogP contribution in [-0.2, 0) is 6.54 Å². The van der Waals surface area contributed by atoms with E-state index in [1.807, 2.05) is 23.5 Å². The second-order valence-corrected chi connectivity index (χ2v) is 7.37. The van der Waals surface area contributed by atoms with Gasteiger partial charge >= 0.3 is 0 Å². The molecule has 3 aromatic rings. The highest BCUT2D eigenvalue weighted by molar-refractivity contribution is 7.18. The molecular weight excluding hydrogens is 312 g/mol. The number of aromatic nitrogens is 1. The van der Waals surface area contributed by atoms with E-state index in [-0.39, 0.29) is 0 Å². The minimum Gasteiger partial charge on any atom is -0.298 e. The molecule has 1 saturated heterocycles. The number of likely N-dealkylation sites (tertiary alicyclic amines) is 1. The molecule has 0 amide bonds. The normalized spacial score (nSPS) is 19.0. The standard InChI is InChI=1S/C18H17ClN2S/c19-15-5-3-4-13(10-15)11-21-9-8-14(12-21)18-20-16-6-1-2-7-17(16)22-18/h1-7,10,14H,8-9,11-12H2/t14-/m0/s1. The monoisotopic (exact) mass is 328 g/mol. The van der Waals surface area contributed by atoms with E-state index >= 15 is 0 Å². The minimum absolute atomic E-state index is 0.566. The highest BCUT2D eigenvalue weighted by Gasteiger charge is 2.26. The van der Waals surface area contributed by atoms with E-state index in [2.05, 4.69) is 41.3 Å². The van der Waals surface area contributed by atoms with Crippen molar-refractivity contribution in [2.45, 2.75) is 18.9 Å². The molecule has 0 bridgehead atoms. The first-order valence-corrected chi connectivity index (χ1v) is 8.80. The van der Waals surface area contributed by atoms with Crippen LogP contribution >= 0.6 is 22.9 Å². The van der Waals surface area contributed by atoms with Crippen molar-refractivity contribution in [1.82, 2.24) is 9.88 Å². The first-order chi connectivity index (χ1) is 10.8. The first-order valence-electron chi connectivity index (χ1n) is 7.60. The highest BCUT2D eigenvalue weighted by Crippen LogP contribution is 2.33. The second-order valence-electron chi connectivity index (χ2n) is 5.87. The van der Waals surface area contributed by atoms with Crippen molar-refractivity contribution in [1.29, 1.82) is 0 Å². The molecule has 0 unspecified atom stereocenters. The molecule has 4 rings (SSSR count). The van der Waals surface area contributed by atoms with Crippen LogP contribution in [0.5, 0.6) is 0 Å². The van der Waals surface area contributed by atoms with Crippen LogP contribution in [0.4, 0.5) is 0 Å². The van der Waals surface area contributed by atoms with Crippen LogP contribution in [0.3, 0.4) is 0 Å². The third-order valence-electron chi connectivity index (χ3n) is 4.23. The van der Waals surface area contributed by atoms with Crippen LogP contribution in [0.25, 0.3) is 10.2 Å². The van der Waals surface area contributed by atoms with Crippen molar-refractivity contribution >= 4 is 33.2 Å². The largest absolute Gasteiger partial charge is 0.298 e. The van der Waals surface area contributed by atoms with E-state index in [4.69, 9.17) is 16.6 Å². The zero-order valence-corrected chi connectivity index (χ0v) is 13.8. The number of hydrogen-bond donors (Lipinski definition) is 0. The van der Waals surface area contributed by atoms with Crippen LogP contribution in [0, 0.1) is 0 Å². The Bertz CT molecular complexity index is 765. The fraction of sp³-hybridized carbons (Fsp3) is 0.278. The number of benzene rings is 2. The Balaban J connectivity index is 1.47. The average molecular weight is 329 g/mol. The lowest BCUT2D eigenvalue weighted by Gasteiger charge is -2.15. The number of thiazole rings is 1. The molecule has 2 aromatic carbocycles. The van der Waals surface area contributed by atoms with E-state index in [0.717, 1.165) is 30.2 Å². The molecule has 22 heavy (non-hydrogen) atoms. The summed E-state index contributed by atoms with van der Waals surface area (Å²) >= 11 is 7.92. The number of fused-ring (bicyclic) bond motifs is 1. The zero-order chi connectivity index (χ0) is 14.9. The van der Waals surface area contributed by atoms with Gasteiger partial charge in [-0.05, 0) is 42.8 Å². The summed E-state index contributed by atoms with van der Waals surface area (Å²) in [4.78, 5) is 7.32. The Kier molecular flexibility index (Phi) is 3.87. The van der Waals surface area contributed by atoms with Gasteiger partial charge in [-0.2, -0.15) is 0 Å². The molecule has 2 heterocycles. The maximum atomic E-state index is 6.07. The summed E-state index contributed by atoms with van der Waals surface area (Å²) in [6, 6.07) is 16.6. The first kappa shape index (κ1) is 14.2. The number of nitrogens with zero attached hydrogens (tertiary/aromatic N) is 2.